The minimum absolute atomic E-state index is 0.0898. The van der Waals surface area contributed by atoms with Crippen molar-refractivity contribution in [2.75, 3.05) is 17.2 Å². The smallest absolute Gasteiger partial charge is 0.255 e. The number of nitrogens with zero attached hydrogens (tertiary/aromatic N) is 7. The van der Waals surface area contributed by atoms with Crippen molar-refractivity contribution in [2.24, 2.45) is 0 Å². The van der Waals surface area contributed by atoms with Crippen LogP contribution in [0.25, 0.3) is 22.4 Å². The summed E-state index contributed by atoms with van der Waals surface area (Å²) in [6.07, 6.45) is 12.1. The molecule has 1 amide bonds. The largest absolute Gasteiger partial charge is 0.358 e. The van der Waals surface area contributed by atoms with Gasteiger partial charge in [0, 0.05) is 41.5 Å². The second-order valence-electron chi connectivity index (χ2n) is 11.4. The maximum absolute atomic E-state index is 13.2. The van der Waals surface area contributed by atoms with Crippen LogP contribution in [0.1, 0.15) is 66.4 Å². The first-order valence-corrected chi connectivity index (χ1v) is 14.9. The lowest BCUT2D eigenvalue weighted by Crippen LogP contribution is -2.33. The summed E-state index contributed by atoms with van der Waals surface area (Å²) in [6, 6.07) is 15.3. The minimum atomic E-state index is -0.589. The van der Waals surface area contributed by atoms with Gasteiger partial charge in [-0.3, -0.25) is 14.3 Å². The van der Waals surface area contributed by atoms with Crippen LogP contribution >= 0.6 is 0 Å². The van der Waals surface area contributed by atoms with Gasteiger partial charge in [0.2, 0.25) is 0 Å². The Bertz CT molecular complexity index is 1900. The molecule has 11 heteroatoms. The molecule has 5 heterocycles. The lowest BCUT2D eigenvalue weighted by atomic mass is 9.67. The summed E-state index contributed by atoms with van der Waals surface area (Å²) < 4.78 is 7.97. The Morgan fingerprint density at radius 3 is 2.75 bits per heavy atom. The van der Waals surface area contributed by atoms with Crippen LogP contribution in [0.4, 0.5) is 17.2 Å². The molecule has 0 spiro atoms. The summed E-state index contributed by atoms with van der Waals surface area (Å²) in [7, 11) is 0. The molecule has 1 aliphatic carbocycles. The van der Waals surface area contributed by atoms with Crippen molar-refractivity contribution in [2.45, 2.75) is 57.1 Å². The molecular formula is C33H31N9O2. The van der Waals surface area contributed by atoms with E-state index in [1.807, 2.05) is 41.8 Å². The number of benzene rings is 1. The first-order chi connectivity index (χ1) is 21.5. The number of aryl methyl sites for hydroxylation is 1. The van der Waals surface area contributed by atoms with E-state index in [1.165, 1.54) is 0 Å². The molecule has 2 fully saturated rings. The molecule has 0 radical (unpaired) electrons. The third-order valence-corrected chi connectivity index (χ3v) is 8.57. The number of rotatable bonds is 7. The van der Waals surface area contributed by atoms with Crippen LogP contribution in [0.5, 0.6) is 0 Å². The molecule has 220 valence electrons. The van der Waals surface area contributed by atoms with Crippen molar-refractivity contribution in [3.8, 4) is 17.3 Å². The second kappa shape index (κ2) is 11.5. The van der Waals surface area contributed by atoms with Crippen LogP contribution in [0.3, 0.4) is 0 Å². The van der Waals surface area contributed by atoms with Gasteiger partial charge in [0.05, 0.1) is 23.5 Å². The first-order valence-electron chi connectivity index (χ1n) is 14.9. The fourth-order valence-electron chi connectivity index (χ4n) is 5.85. The molecule has 7 rings (SSSR count). The number of ether oxygens (including phenoxy) is 1. The van der Waals surface area contributed by atoms with Gasteiger partial charge in [-0.2, -0.15) is 5.26 Å². The van der Waals surface area contributed by atoms with Gasteiger partial charge in [-0.15, -0.1) is 0 Å². The number of carbonyl (C=O) groups excluding carboxylic acids is 1. The summed E-state index contributed by atoms with van der Waals surface area (Å²) in [6.45, 7) is 2.71. The molecule has 2 N–H and O–H groups in total. The highest BCUT2D eigenvalue weighted by Crippen LogP contribution is 2.42. The standard InChI is InChI=1S/C33H31N9O2/c1-21-8-9-23(40-32(43)22-10-14-35-26(16-22)33(18-34)11-5-12-33)17-25(21)41-30-24(6-4-13-36-30)28-29-31(38-19-37-28)42(20-39-29)27-7-2-3-15-44-27/h4,6,8-10,13-14,16-17,19-20,27H,2-3,5,7,11-12,15H2,1H3,(H,36,41)(H,40,43). The molecule has 1 saturated carbocycles. The summed E-state index contributed by atoms with van der Waals surface area (Å²) >= 11 is 0. The van der Waals surface area contributed by atoms with E-state index in [0.717, 1.165) is 67.6 Å². The van der Waals surface area contributed by atoms with Gasteiger partial charge in [0.25, 0.3) is 5.91 Å². The fourth-order valence-corrected chi connectivity index (χ4v) is 5.85. The normalized spacial score (nSPS) is 17.4. The van der Waals surface area contributed by atoms with Crippen LogP contribution in [-0.4, -0.2) is 42.0 Å². The summed E-state index contributed by atoms with van der Waals surface area (Å²) in [5, 5.41) is 16.2. The van der Waals surface area contributed by atoms with E-state index in [4.69, 9.17) is 4.74 Å². The van der Waals surface area contributed by atoms with E-state index in [1.54, 1.807) is 37.2 Å². The maximum Gasteiger partial charge on any atom is 0.255 e. The highest BCUT2D eigenvalue weighted by Gasteiger charge is 2.40. The average molecular weight is 586 g/mol. The van der Waals surface area contributed by atoms with Gasteiger partial charge in [-0.1, -0.05) is 6.07 Å². The van der Waals surface area contributed by atoms with Crippen LogP contribution in [0.2, 0.25) is 0 Å². The average Bonchev–Trinajstić information content (AvgIpc) is 3.48. The van der Waals surface area contributed by atoms with Crippen LogP contribution in [0, 0.1) is 18.3 Å². The van der Waals surface area contributed by atoms with Crippen molar-refractivity contribution in [1.29, 1.82) is 5.26 Å². The molecule has 1 aromatic carbocycles. The van der Waals surface area contributed by atoms with Gasteiger partial charge in [0.15, 0.2) is 5.65 Å². The number of nitrogens with one attached hydrogen (secondary N) is 2. The number of amides is 1. The van der Waals surface area contributed by atoms with Gasteiger partial charge in [0.1, 0.15) is 29.6 Å². The number of nitriles is 1. The predicted octanol–water partition coefficient (Wildman–Crippen LogP) is 6.23. The van der Waals surface area contributed by atoms with E-state index >= 15 is 0 Å². The molecule has 1 unspecified atom stereocenters. The van der Waals surface area contributed by atoms with E-state index in [2.05, 4.69) is 41.6 Å². The number of aromatic nitrogens is 6. The molecule has 44 heavy (non-hydrogen) atoms. The lowest BCUT2D eigenvalue weighted by molar-refractivity contribution is -0.0298. The Kier molecular flexibility index (Phi) is 7.20. The molecule has 1 aliphatic heterocycles. The topological polar surface area (TPSA) is 144 Å². The zero-order valence-electron chi connectivity index (χ0n) is 24.3. The first kappa shape index (κ1) is 27.6. The number of imidazole rings is 1. The molecule has 5 aromatic rings. The molecule has 11 nitrogen and oxygen atoms in total. The zero-order chi connectivity index (χ0) is 30.1. The van der Waals surface area contributed by atoms with E-state index < -0.39 is 5.41 Å². The number of fused-ring (bicyclic) bond motifs is 1. The van der Waals surface area contributed by atoms with Crippen molar-refractivity contribution >= 4 is 34.3 Å². The highest BCUT2D eigenvalue weighted by molar-refractivity contribution is 6.04. The third-order valence-electron chi connectivity index (χ3n) is 8.57. The summed E-state index contributed by atoms with van der Waals surface area (Å²) in [4.78, 5) is 36.1. The number of carbonyl (C=O) groups is 1. The lowest BCUT2D eigenvalue weighted by Gasteiger charge is -2.34. The zero-order valence-corrected chi connectivity index (χ0v) is 24.3. The number of anilines is 3. The van der Waals surface area contributed by atoms with Crippen LogP contribution < -0.4 is 10.6 Å². The van der Waals surface area contributed by atoms with E-state index in [0.29, 0.717) is 34.0 Å². The van der Waals surface area contributed by atoms with Crippen LogP contribution in [-0.2, 0) is 10.2 Å². The number of pyridine rings is 2. The molecule has 1 atom stereocenters. The van der Waals surface area contributed by atoms with E-state index in [9.17, 15) is 10.1 Å². The third kappa shape index (κ3) is 5.03. The molecule has 0 bridgehead atoms. The predicted molar refractivity (Wildman–Crippen MR) is 165 cm³/mol. The van der Waals surface area contributed by atoms with Crippen LogP contribution in [0.15, 0.2) is 67.5 Å². The quantitative estimate of drug-likeness (QED) is 0.227. The van der Waals surface area contributed by atoms with E-state index in [-0.39, 0.29) is 12.1 Å². The fraction of sp³-hybridized carbons (Fsp3) is 0.303. The monoisotopic (exact) mass is 585 g/mol. The SMILES string of the molecule is Cc1ccc(NC(=O)c2ccnc(C3(C#N)CCC3)c2)cc1Nc1ncccc1-c1ncnc2c1ncn2C1CCCCO1. The van der Waals surface area contributed by atoms with Crippen molar-refractivity contribution in [1.82, 2.24) is 29.5 Å². The maximum atomic E-state index is 13.2. The Morgan fingerprint density at radius 2 is 1.95 bits per heavy atom. The Morgan fingerprint density at radius 1 is 1.05 bits per heavy atom. The minimum Gasteiger partial charge on any atom is -0.358 e. The van der Waals surface area contributed by atoms with Gasteiger partial charge in [-0.25, -0.2) is 19.9 Å². The summed E-state index contributed by atoms with van der Waals surface area (Å²) in [5.74, 6) is 0.332. The molecule has 4 aromatic heterocycles. The van der Waals surface area contributed by atoms with Crippen molar-refractivity contribution in [3.05, 3.63) is 84.3 Å². The second-order valence-corrected chi connectivity index (χ2v) is 11.4. The molecular weight excluding hydrogens is 554 g/mol. The number of hydrogen-bond acceptors (Lipinski definition) is 9. The van der Waals surface area contributed by atoms with Gasteiger partial charge < -0.3 is 15.4 Å². The van der Waals surface area contributed by atoms with Crippen molar-refractivity contribution < 1.29 is 9.53 Å². The van der Waals surface area contributed by atoms with Gasteiger partial charge in [-0.05, 0) is 87.4 Å². The molecule has 2 aliphatic rings. The Balaban J connectivity index is 1.15. The van der Waals surface area contributed by atoms with Gasteiger partial charge >= 0.3 is 0 Å². The Labute approximate surface area is 254 Å². The summed E-state index contributed by atoms with van der Waals surface area (Å²) in [5.41, 5.74) is 5.73. The number of hydrogen-bond donors (Lipinski definition) is 2. The van der Waals surface area contributed by atoms with Crippen molar-refractivity contribution in [3.63, 3.8) is 0 Å². The molecule has 1 saturated heterocycles. The Hall–Kier alpha value is -5.21. The highest BCUT2D eigenvalue weighted by atomic mass is 16.5.